The van der Waals surface area contributed by atoms with Gasteiger partial charge in [0.25, 0.3) is 0 Å². The van der Waals surface area contributed by atoms with Crippen LogP contribution in [0.15, 0.2) is 19.3 Å². The molecular formula is C20H46Si6. The molecule has 0 aromatic rings. The summed E-state index contributed by atoms with van der Waals surface area (Å²) in [5.41, 5.74) is 0. The van der Waals surface area contributed by atoms with Crippen LogP contribution in [0.4, 0.5) is 0 Å². The first kappa shape index (κ1) is 23.1. The molecule has 0 saturated carbocycles. The predicted octanol–water partition coefficient (Wildman–Crippen LogP) is 7.29. The van der Waals surface area contributed by atoms with Crippen molar-refractivity contribution in [2.75, 3.05) is 0 Å². The normalized spacial score (nSPS) is 30.2. The van der Waals surface area contributed by atoms with Crippen molar-refractivity contribution in [2.45, 2.75) is 104 Å². The predicted molar refractivity (Wildman–Crippen MR) is 140 cm³/mol. The lowest BCUT2D eigenvalue weighted by atomic mass is 11.0. The van der Waals surface area contributed by atoms with Crippen LogP contribution in [0.2, 0.25) is 90.7 Å². The van der Waals surface area contributed by atoms with Gasteiger partial charge in [0.15, 0.2) is 0 Å². The molecule has 150 valence electrons. The second kappa shape index (κ2) is 6.14. The summed E-state index contributed by atoms with van der Waals surface area (Å²) in [4.78, 5) is 8.89. The minimum Gasteiger partial charge on any atom is -0.0962 e. The SMILES string of the molecule is CC[Si]12C([Si](C)(C)C)=C([Si](C)(C)C)[Si]1(CC)C([Si](C)(C)C)=C2[Si](C)(C)C. The van der Waals surface area contributed by atoms with Gasteiger partial charge in [0, 0.05) is 0 Å². The minimum absolute atomic E-state index is 1.25. The fourth-order valence-electron chi connectivity index (χ4n) is 7.20. The second-order valence-corrected chi connectivity index (χ2v) is 47.2. The quantitative estimate of drug-likeness (QED) is 0.369. The maximum absolute atomic E-state index is 2.69. The van der Waals surface area contributed by atoms with Crippen LogP contribution in [0.3, 0.4) is 0 Å². The summed E-state index contributed by atoms with van der Waals surface area (Å²) in [5.74, 6) is 0. The topological polar surface area (TPSA) is 0 Å². The van der Waals surface area contributed by atoms with Gasteiger partial charge in [-0.3, -0.25) is 0 Å². The van der Waals surface area contributed by atoms with Gasteiger partial charge in [-0.15, -0.1) is 0 Å². The van der Waals surface area contributed by atoms with Crippen molar-refractivity contribution in [3.05, 3.63) is 19.3 Å². The zero-order valence-corrected chi connectivity index (χ0v) is 26.4. The van der Waals surface area contributed by atoms with E-state index < -0.39 is 47.5 Å². The van der Waals surface area contributed by atoms with Crippen LogP contribution in [0, 0.1) is 0 Å². The summed E-state index contributed by atoms with van der Waals surface area (Å²) >= 11 is 0. The van der Waals surface area contributed by atoms with E-state index in [1.807, 2.05) is 0 Å². The highest BCUT2D eigenvalue weighted by molar-refractivity contribution is 7.70. The van der Waals surface area contributed by atoms with Crippen LogP contribution >= 0.6 is 0 Å². The van der Waals surface area contributed by atoms with Crippen LogP contribution in [0.5, 0.6) is 0 Å². The molecule has 0 saturated heterocycles. The number of hydrogen-bond donors (Lipinski definition) is 0. The van der Waals surface area contributed by atoms with Crippen LogP contribution in [-0.2, 0) is 0 Å². The molecule has 0 amide bonds. The van der Waals surface area contributed by atoms with Gasteiger partial charge < -0.3 is 0 Å². The standard InChI is InChI=1S/C20H46Si6/c1-15-25-17(21(3,4)5)19(23(9,10)11)26(25,16-2)20(24(12,13)14)18(25)22(6,7)8/h15-16H2,1-14H3. The highest BCUT2D eigenvalue weighted by atomic mass is 29.3. The fraction of sp³-hybridized carbons (Fsp3) is 0.800. The summed E-state index contributed by atoms with van der Waals surface area (Å²) in [5, 5.41) is 0. The van der Waals surface area contributed by atoms with E-state index in [4.69, 9.17) is 0 Å². The van der Waals surface area contributed by atoms with E-state index in [1.165, 1.54) is 0 Å². The zero-order valence-electron chi connectivity index (χ0n) is 20.4. The number of hydrogen-bond acceptors (Lipinski definition) is 0. The molecule has 2 rings (SSSR count). The summed E-state index contributed by atoms with van der Waals surface area (Å²) in [6.45, 7) is 37.5. The van der Waals surface area contributed by atoms with Crippen molar-refractivity contribution in [3.63, 3.8) is 0 Å². The number of fused-ring (bicyclic) bond motifs is 1. The molecule has 2 heterocycles. The maximum Gasteiger partial charge on any atom is 0.0998 e. The third-order valence-corrected chi connectivity index (χ3v) is 50.6. The largest absolute Gasteiger partial charge is 0.0998 e. The molecule has 0 fully saturated rings. The highest BCUT2D eigenvalue weighted by Gasteiger charge is 2.79. The van der Waals surface area contributed by atoms with Gasteiger partial charge in [0.1, 0.15) is 0 Å². The average Bonchev–Trinajstić information content (AvgIpc) is 2.34. The molecule has 0 radical (unpaired) electrons. The molecule has 0 nitrogen and oxygen atoms in total. The first-order valence-corrected chi connectivity index (χ1v) is 30.3. The van der Waals surface area contributed by atoms with Gasteiger partial charge in [0.2, 0.25) is 0 Å². The Hall–Kier alpha value is 0.781. The first-order valence-electron chi connectivity index (χ1n) is 10.9. The average molecular weight is 455 g/mol. The summed E-state index contributed by atoms with van der Waals surface area (Å²) in [6.07, 6.45) is 0. The van der Waals surface area contributed by atoms with E-state index in [1.54, 1.807) is 12.1 Å². The van der Waals surface area contributed by atoms with Gasteiger partial charge >= 0.3 is 0 Å². The molecule has 2 aliphatic rings. The highest BCUT2D eigenvalue weighted by Crippen LogP contribution is 2.69. The van der Waals surface area contributed by atoms with E-state index in [-0.39, 0.29) is 0 Å². The van der Waals surface area contributed by atoms with Crippen molar-refractivity contribution in [3.8, 4) is 0 Å². The van der Waals surface area contributed by atoms with Crippen molar-refractivity contribution in [1.82, 2.24) is 0 Å². The third-order valence-electron chi connectivity index (χ3n) is 7.00. The third kappa shape index (κ3) is 2.72. The molecule has 0 spiro atoms. The van der Waals surface area contributed by atoms with E-state index in [9.17, 15) is 0 Å². The van der Waals surface area contributed by atoms with E-state index in [2.05, 4.69) is 112 Å². The Labute approximate surface area is 170 Å². The Morgan fingerprint density at radius 2 is 0.577 bits per heavy atom. The summed E-state index contributed by atoms with van der Waals surface area (Å²) < 4.78 is 0. The van der Waals surface area contributed by atoms with Gasteiger partial charge in [-0.1, -0.05) is 124 Å². The Kier molecular flexibility index (Phi) is 5.45. The monoisotopic (exact) mass is 454 g/mol. The van der Waals surface area contributed by atoms with Gasteiger partial charge in [-0.25, -0.2) is 0 Å². The molecule has 0 N–H and O–H groups in total. The Balaban J connectivity index is 3.02. The van der Waals surface area contributed by atoms with Gasteiger partial charge in [0.05, 0.1) is 47.5 Å². The molecule has 6 heteroatoms. The van der Waals surface area contributed by atoms with E-state index in [0.29, 0.717) is 0 Å². The molecule has 0 atom stereocenters. The van der Waals surface area contributed by atoms with Gasteiger partial charge in [-0.05, 0) is 0 Å². The Morgan fingerprint density at radius 1 is 0.423 bits per heavy atom. The molecule has 0 bridgehead atoms. The van der Waals surface area contributed by atoms with Crippen molar-refractivity contribution < 1.29 is 0 Å². The van der Waals surface area contributed by atoms with Crippen LogP contribution < -0.4 is 0 Å². The fourth-order valence-corrected chi connectivity index (χ4v) is 86.9. The molecule has 0 unspecified atom stereocenters. The molecule has 2 aliphatic heterocycles. The molecule has 0 aromatic heterocycles. The smallest absolute Gasteiger partial charge is 0.0962 e. The lowest BCUT2D eigenvalue weighted by molar-refractivity contribution is 1.28. The summed E-state index contributed by atoms with van der Waals surface area (Å²) in [7, 11) is -7.66. The second-order valence-electron chi connectivity index (χ2n) is 13.0. The number of rotatable bonds is 6. The van der Waals surface area contributed by atoms with E-state index >= 15 is 0 Å². The molecule has 0 aromatic carbocycles. The van der Waals surface area contributed by atoms with Gasteiger partial charge in [-0.2, -0.15) is 0 Å². The Morgan fingerprint density at radius 3 is 0.654 bits per heavy atom. The van der Waals surface area contributed by atoms with Crippen molar-refractivity contribution in [1.29, 1.82) is 0 Å². The van der Waals surface area contributed by atoms with E-state index in [0.717, 1.165) is 0 Å². The van der Waals surface area contributed by atoms with Crippen LogP contribution in [0.1, 0.15) is 13.8 Å². The summed E-state index contributed by atoms with van der Waals surface area (Å²) in [6, 6.07) is 3.10. The van der Waals surface area contributed by atoms with Crippen molar-refractivity contribution in [2.24, 2.45) is 0 Å². The first-order chi connectivity index (χ1) is 11.3. The molecular weight excluding hydrogens is 409 g/mol. The van der Waals surface area contributed by atoms with Crippen LogP contribution in [0.25, 0.3) is 0 Å². The lowest BCUT2D eigenvalue weighted by Crippen LogP contribution is -2.90. The zero-order chi connectivity index (χ0) is 20.7. The minimum atomic E-state index is -1.33. The molecule has 0 aliphatic carbocycles. The van der Waals surface area contributed by atoms with Crippen LogP contribution in [-0.4, -0.2) is 47.5 Å². The van der Waals surface area contributed by atoms with Crippen molar-refractivity contribution >= 4 is 47.5 Å². The maximum atomic E-state index is 2.69. The lowest BCUT2D eigenvalue weighted by Gasteiger charge is -2.77. The molecule has 26 heavy (non-hydrogen) atoms. The Bertz CT molecular complexity index is 563.